The van der Waals surface area contributed by atoms with Gasteiger partial charge in [0.15, 0.2) is 0 Å². The first kappa shape index (κ1) is 77.9. The molecule has 6 aromatic rings. The molecule has 0 aliphatic carbocycles. The van der Waals surface area contributed by atoms with Crippen LogP contribution in [0.4, 0.5) is 47.1 Å². The Labute approximate surface area is 591 Å². The summed E-state index contributed by atoms with van der Waals surface area (Å²) in [4.78, 5) is 47.1. The number of carbonyl (C=O) groups excluding carboxylic acids is 2. The summed E-state index contributed by atoms with van der Waals surface area (Å²) in [7, 11) is -10.0. The Morgan fingerprint density at radius 1 is 0.453 bits per heavy atom. The van der Waals surface area contributed by atoms with Gasteiger partial charge in [0.2, 0.25) is 35.7 Å². The Kier molecular flexibility index (Phi) is 28.5. The predicted molar refractivity (Wildman–Crippen MR) is 306 cm³/mol. The van der Waals surface area contributed by atoms with Gasteiger partial charge in [-0.05, 0) is 103 Å². The summed E-state index contributed by atoms with van der Waals surface area (Å²) in [6.45, 7) is 22.8. The van der Waals surface area contributed by atoms with Crippen LogP contribution in [-0.4, -0.2) is 94.0 Å². The van der Waals surface area contributed by atoms with Crippen LogP contribution in [0, 0.1) is 0 Å². The monoisotopic (exact) mass is 1260 g/mol. The van der Waals surface area contributed by atoms with Gasteiger partial charge < -0.3 is 61.9 Å². The van der Waals surface area contributed by atoms with Crippen molar-refractivity contribution in [2.75, 3.05) is 58.1 Å². The maximum absolute atomic E-state index is 13.5. The fourth-order valence-corrected chi connectivity index (χ4v) is 9.82. The molecule has 0 atom stereocenters. The molecular formula is C56H68N12Na4O12S2. The minimum atomic E-state index is -5.00. The van der Waals surface area contributed by atoms with E-state index < -0.39 is 76.7 Å². The van der Waals surface area contributed by atoms with Crippen molar-refractivity contribution in [3.8, 4) is 11.5 Å². The van der Waals surface area contributed by atoms with Crippen molar-refractivity contribution < 1.29 is 174 Å². The van der Waals surface area contributed by atoms with E-state index in [4.69, 9.17) is 0 Å². The van der Waals surface area contributed by atoms with Gasteiger partial charge in [-0.15, -0.1) is 11.5 Å². The van der Waals surface area contributed by atoms with Gasteiger partial charge in [0.25, 0.3) is 20.2 Å². The van der Waals surface area contributed by atoms with Crippen molar-refractivity contribution in [1.82, 2.24) is 29.9 Å². The maximum atomic E-state index is 13.5. The minimum absolute atomic E-state index is 0. The Balaban J connectivity index is 0.00000631. The first-order valence-corrected chi connectivity index (χ1v) is 28.8. The minimum Gasteiger partial charge on any atom is -0.872 e. The molecular weight excluding hydrogens is 1190 g/mol. The molecule has 0 saturated heterocycles. The van der Waals surface area contributed by atoms with Crippen LogP contribution >= 0.6 is 0 Å². The summed E-state index contributed by atoms with van der Waals surface area (Å²) in [6.07, 6.45) is 3.22. The molecule has 0 unspecified atom stereocenters. The van der Waals surface area contributed by atoms with E-state index in [9.17, 15) is 56.0 Å². The average molecular weight is 1260 g/mol. The van der Waals surface area contributed by atoms with E-state index in [0.29, 0.717) is 35.1 Å². The maximum Gasteiger partial charge on any atom is 1.00 e. The summed E-state index contributed by atoms with van der Waals surface area (Å²) in [5, 5.41) is 66.5. The van der Waals surface area contributed by atoms with Crippen LogP contribution in [0.25, 0.3) is 12.2 Å². The third-order valence-corrected chi connectivity index (χ3v) is 14.3. The number of aliphatic carboxylic acids is 2. The zero-order chi connectivity index (χ0) is 60.9. The second-order valence-electron chi connectivity index (χ2n) is 23.5. The van der Waals surface area contributed by atoms with Gasteiger partial charge >= 0.3 is 118 Å². The molecule has 0 bridgehead atoms. The molecule has 0 aliphatic heterocycles. The number of carboxylic acid groups (broad SMARTS) is 2. The molecule has 8 N–H and O–H groups in total. The number of nitrogens with zero attached hydrogens (tertiary/aromatic N) is 6. The largest absolute Gasteiger partial charge is 1.00 e. The third-order valence-electron chi connectivity index (χ3n) is 12.5. The normalized spacial score (nSPS) is 11.9. The van der Waals surface area contributed by atoms with Gasteiger partial charge in [-0.1, -0.05) is 132 Å². The Bertz CT molecular complexity index is 3360. The first-order valence-electron chi connectivity index (χ1n) is 25.9. The zero-order valence-corrected chi connectivity index (χ0v) is 61.3. The van der Waals surface area contributed by atoms with Crippen molar-refractivity contribution in [3.05, 3.63) is 105 Å². The summed E-state index contributed by atoms with van der Waals surface area (Å²) in [6, 6.07) is 14.9. The summed E-state index contributed by atoms with van der Waals surface area (Å²) >= 11 is 0. The van der Waals surface area contributed by atoms with Crippen LogP contribution in [0.1, 0.15) is 128 Å². The van der Waals surface area contributed by atoms with Crippen molar-refractivity contribution in [1.29, 1.82) is 0 Å². The molecule has 0 saturated carbocycles. The Morgan fingerprint density at radius 3 is 0.977 bits per heavy atom. The predicted octanol–water partition coefficient (Wildman–Crippen LogP) is -6.81. The SMILES string of the molecule is CC(C)(C)c1cc(CCNc2nc(NCC(=O)[O-])nc(Nc3ccc(/C=C/c4ccc(Nc5nc(NCCc6cc(C(C)(C)C)c([O-])c(C(C)(C)C)c6)nc(NCC(=O)[O-])n5)cc4S(=O)(=O)O)c(S(=O)(=O)O)c3)n2)cc(C(C)(C)C)c1[O-].[Na+].[Na+].[Na+].[Na+]. The van der Waals surface area contributed by atoms with Crippen molar-refractivity contribution >= 4 is 91.4 Å². The van der Waals surface area contributed by atoms with Gasteiger partial charge in [0, 0.05) is 24.5 Å². The second-order valence-corrected chi connectivity index (χ2v) is 26.3. The molecule has 30 heteroatoms. The number of carboxylic acids is 2. The van der Waals surface area contributed by atoms with Gasteiger partial charge in [0.05, 0.1) is 25.0 Å². The molecule has 6 rings (SSSR count). The van der Waals surface area contributed by atoms with Gasteiger partial charge in [-0.3, -0.25) is 9.11 Å². The number of hydrogen-bond acceptors (Lipinski definition) is 22. The van der Waals surface area contributed by atoms with Gasteiger partial charge in [0.1, 0.15) is 9.79 Å². The molecule has 2 heterocycles. The van der Waals surface area contributed by atoms with E-state index in [1.54, 1.807) is 0 Å². The van der Waals surface area contributed by atoms with Crippen LogP contribution < -0.4 is 171 Å². The number of carbonyl (C=O) groups is 2. The smallest absolute Gasteiger partial charge is 0.872 e. The van der Waals surface area contributed by atoms with Crippen LogP contribution in [0.15, 0.2) is 70.5 Å². The second kappa shape index (κ2) is 31.5. The summed E-state index contributed by atoms with van der Waals surface area (Å²) in [5.41, 5.74) is 2.51. The molecule has 0 radical (unpaired) electrons. The summed E-state index contributed by atoms with van der Waals surface area (Å²) in [5.74, 6) is -3.73. The molecule has 0 aliphatic rings. The van der Waals surface area contributed by atoms with Crippen LogP contribution in [0.2, 0.25) is 0 Å². The van der Waals surface area contributed by atoms with E-state index in [0.717, 1.165) is 23.3 Å². The molecule has 4 aromatic carbocycles. The fraction of sp³-hybridized carbons (Fsp3) is 0.393. The summed E-state index contributed by atoms with van der Waals surface area (Å²) < 4.78 is 72.3. The number of rotatable bonds is 22. The molecule has 24 nitrogen and oxygen atoms in total. The molecule has 2 aromatic heterocycles. The van der Waals surface area contributed by atoms with Gasteiger partial charge in [-0.2, -0.15) is 46.7 Å². The number of nitrogens with one attached hydrogen (secondary N) is 6. The van der Waals surface area contributed by atoms with Gasteiger partial charge in [-0.25, -0.2) is 0 Å². The molecule has 0 spiro atoms. The van der Waals surface area contributed by atoms with Crippen LogP contribution in [0.5, 0.6) is 11.5 Å². The van der Waals surface area contributed by atoms with E-state index >= 15 is 0 Å². The number of anilines is 8. The van der Waals surface area contributed by atoms with Crippen molar-refractivity contribution in [2.45, 2.75) is 127 Å². The molecule has 0 fully saturated rings. The third kappa shape index (κ3) is 22.4. The van der Waals surface area contributed by atoms with E-state index in [-0.39, 0.29) is 201 Å². The zero-order valence-electron chi connectivity index (χ0n) is 51.6. The fourth-order valence-electron chi connectivity index (χ4n) is 8.40. The Hall–Kier alpha value is -4.20. The van der Waals surface area contributed by atoms with Crippen LogP contribution in [-0.2, 0) is 64.3 Å². The average Bonchev–Trinajstić information content (AvgIpc) is 2.10. The van der Waals surface area contributed by atoms with Crippen molar-refractivity contribution in [2.24, 2.45) is 0 Å². The molecule has 86 heavy (non-hydrogen) atoms. The number of benzene rings is 4. The van der Waals surface area contributed by atoms with Crippen LogP contribution in [0.3, 0.4) is 0 Å². The Morgan fingerprint density at radius 2 is 0.721 bits per heavy atom. The van der Waals surface area contributed by atoms with Crippen molar-refractivity contribution in [3.63, 3.8) is 0 Å². The molecule has 0 amide bonds. The first-order chi connectivity index (χ1) is 37.8. The standard InChI is InChI=1S/C56H72N12O12S2.4Na/c1-53(2,3)37-23-31(24-38(45(37)73)54(4,5)6)19-21-57-47-63-49(59-29-43(69)70)67-51(65-47)61-35-17-15-33(41(27-35)81(75,76)77)13-14-34-16-18-36(28-42(34)82(78,79)80)62-52-66-48(64-50(68-52)60-30-44(71)72)58-22-20-32-25-39(55(7,8)9)46(74)40(26-32)56(10,11)12;;;;/h13-18,23-28,73-74H,19-22,29-30H2,1-12H3,(H,69,70)(H,71,72)(H,75,76,77)(H,78,79,80)(H3,57,59,61,63,65,67)(H3,58,60,62,64,66,68);;;;/q;4*+1/p-4/b14-13+;;;;. The number of aromatic nitrogens is 6. The van der Waals surface area contributed by atoms with E-state index in [2.05, 4.69) is 61.8 Å². The topological polar surface area (TPSA) is 385 Å². The quantitative estimate of drug-likeness (QED) is 0.0178. The van der Waals surface area contributed by atoms with E-state index in [1.807, 2.05) is 107 Å². The number of hydrogen-bond donors (Lipinski definition) is 8. The molecule has 440 valence electrons. The van der Waals surface area contributed by atoms with E-state index in [1.165, 1.54) is 36.4 Å².